The fourth-order valence-corrected chi connectivity index (χ4v) is 1.36. The molecule has 0 aromatic heterocycles. The maximum Gasteiger partial charge on any atom is 0.340 e. The summed E-state index contributed by atoms with van der Waals surface area (Å²) in [7, 11) is 0. The zero-order valence-electron chi connectivity index (χ0n) is 8.33. The first-order chi connectivity index (χ1) is 7.56. The van der Waals surface area contributed by atoms with E-state index < -0.39 is 11.8 Å². The molecule has 0 atom stereocenters. The molecule has 0 amide bonds. The molecule has 2 rings (SSSR count). The second-order valence-corrected chi connectivity index (χ2v) is 3.67. The van der Waals surface area contributed by atoms with Crippen LogP contribution in [0, 0.1) is 5.82 Å². The number of ether oxygens (including phenoxy) is 1. The zero-order valence-corrected chi connectivity index (χ0v) is 9.08. The number of benzene rings is 1. The Morgan fingerprint density at radius 3 is 2.75 bits per heavy atom. The molecule has 0 N–H and O–H groups in total. The second-order valence-electron chi connectivity index (χ2n) is 3.27. The largest absolute Gasteiger partial charge is 0.404 e. The van der Waals surface area contributed by atoms with E-state index in [0.717, 1.165) is 0 Å². The number of nitrogens with zero attached hydrogens (tertiary/aromatic N) is 1. The van der Waals surface area contributed by atoms with Gasteiger partial charge in [0.05, 0.1) is 10.7 Å². The van der Waals surface area contributed by atoms with E-state index in [0.29, 0.717) is 11.3 Å². The first-order valence-electron chi connectivity index (χ1n) is 4.50. The van der Waals surface area contributed by atoms with Crippen LogP contribution in [-0.4, -0.2) is 11.9 Å². The van der Waals surface area contributed by atoms with Crippen LogP contribution < -0.4 is 0 Å². The highest BCUT2D eigenvalue weighted by atomic mass is 35.5. The molecule has 0 unspecified atom stereocenters. The number of rotatable bonds is 1. The van der Waals surface area contributed by atoms with Crippen molar-refractivity contribution in [3.8, 4) is 0 Å². The SMILES string of the molecule is CC1=CC(=Nc2ccc(F)c(Cl)c2)OC1=O. The third-order valence-corrected chi connectivity index (χ3v) is 2.29. The van der Waals surface area contributed by atoms with Gasteiger partial charge in [0.1, 0.15) is 5.82 Å². The molecule has 0 saturated carbocycles. The summed E-state index contributed by atoms with van der Waals surface area (Å²) in [6, 6.07) is 4.01. The van der Waals surface area contributed by atoms with Gasteiger partial charge >= 0.3 is 5.97 Å². The molecule has 16 heavy (non-hydrogen) atoms. The van der Waals surface area contributed by atoms with E-state index in [9.17, 15) is 9.18 Å². The molecule has 1 aliphatic rings. The number of aliphatic imine (C=N–C) groups is 1. The van der Waals surface area contributed by atoms with Crippen molar-refractivity contribution in [1.29, 1.82) is 0 Å². The van der Waals surface area contributed by atoms with E-state index in [4.69, 9.17) is 16.3 Å². The summed E-state index contributed by atoms with van der Waals surface area (Å²) < 4.78 is 17.7. The quantitative estimate of drug-likeness (QED) is 0.707. The number of carbonyl (C=O) groups excluding carboxylic acids is 1. The van der Waals surface area contributed by atoms with Gasteiger partial charge in [0.25, 0.3) is 0 Å². The predicted octanol–water partition coefficient (Wildman–Crippen LogP) is 3.01. The van der Waals surface area contributed by atoms with Gasteiger partial charge in [0.15, 0.2) is 0 Å². The van der Waals surface area contributed by atoms with Crippen LogP contribution >= 0.6 is 11.6 Å². The van der Waals surface area contributed by atoms with Gasteiger partial charge in [0.2, 0.25) is 5.90 Å². The Kier molecular flexibility index (Phi) is 2.75. The molecule has 1 aromatic carbocycles. The highest BCUT2D eigenvalue weighted by Crippen LogP contribution is 2.22. The number of hydrogen-bond donors (Lipinski definition) is 0. The number of hydrogen-bond acceptors (Lipinski definition) is 3. The lowest BCUT2D eigenvalue weighted by molar-refractivity contribution is -0.130. The molecule has 1 aromatic rings. The topological polar surface area (TPSA) is 38.7 Å². The third kappa shape index (κ3) is 2.12. The van der Waals surface area contributed by atoms with Crippen LogP contribution in [0.5, 0.6) is 0 Å². The molecule has 0 bridgehead atoms. The highest BCUT2D eigenvalue weighted by Gasteiger charge is 2.18. The van der Waals surface area contributed by atoms with Gasteiger partial charge in [-0.2, -0.15) is 0 Å². The van der Waals surface area contributed by atoms with Gasteiger partial charge in [-0.25, -0.2) is 14.2 Å². The van der Waals surface area contributed by atoms with E-state index in [-0.39, 0.29) is 10.9 Å². The summed E-state index contributed by atoms with van der Waals surface area (Å²) in [5.74, 6) is -0.752. The molecular weight excluding hydrogens is 233 g/mol. The van der Waals surface area contributed by atoms with Crippen LogP contribution in [0.4, 0.5) is 10.1 Å². The van der Waals surface area contributed by atoms with Crippen molar-refractivity contribution in [2.45, 2.75) is 6.92 Å². The molecule has 3 nitrogen and oxygen atoms in total. The maximum absolute atomic E-state index is 12.9. The fraction of sp³-hybridized carbons (Fsp3) is 0.0909. The minimum Gasteiger partial charge on any atom is -0.404 e. The predicted molar refractivity (Wildman–Crippen MR) is 58.4 cm³/mol. The van der Waals surface area contributed by atoms with E-state index in [1.807, 2.05) is 0 Å². The standard InChI is InChI=1S/C11H7ClFNO2/c1-6-4-10(16-11(6)15)14-7-2-3-9(13)8(12)5-7/h2-5H,1H3. The van der Waals surface area contributed by atoms with Gasteiger partial charge in [-0.15, -0.1) is 0 Å². The Balaban J connectivity index is 2.31. The molecule has 1 heterocycles. The summed E-state index contributed by atoms with van der Waals surface area (Å²) in [5.41, 5.74) is 0.909. The normalized spacial score (nSPS) is 17.6. The lowest BCUT2D eigenvalue weighted by Gasteiger charge is -1.98. The van der Waals surface area contributed by atoms with Crippen LogP contribution in [0.1, 0.15) is 6.92 Å². The first kappa shape index (κ1) is 10.8. The summed E-state index contributed by atoms with van der Waals surface area (Å²) in [5, 5.41) is -0.0214. The number of halogens is 2. The van der Waals surface area contributed by atoms with Gasteiger partial charge in [-0.05, 0) is 25.1 Å². The average Bonchev–Trinajstić information content (AvgIpc) is 2.52. The van der Waals surface area contributed by atoms with Gasteiger partial charge in [-0.3, -0.25) is 0 Å². The third-order valence-electron chi connectivity index (χ3n) is 2.00. The Morgan fingerprint density at radius 2 is 2.19 bits per heavy atom. The van der Waals surface area contributed by atoms with Crippen molar-refractivity contribution in [2.75, 3.05) is 0 Å². The molecule has 1 aliphatic heterocycles. The van der Waals surface area contributed by atoms with Crippen molar-refractivity contribution in [2.24, 2.45) is 4.99 Å². The number of carbonyl (C=O) groups is 1. The lowest BCUT2D eigenvalue weighted by Crippen LogP contribution is -2.00. The molecule has 0 radical (unpaired) electrons. The van der Waals surface area contributed by atoms with E-state index in [1.165, 1.54) is 24.3 Å². The van der Waals surface area contributed by atoms with Crippen LogP contribution in [0.2, 0.25) is 5.02 Å². The minimum atomic E-state index is -0.513. The van der Waals surface area contributed by atoms with Gasteiger partial charge in [0, 0.05) is 11.6 Å². The fourth-order valence-electron chi connectivity index (χ4n) is 1.19. The van der Waals surface area contributed by atoms with Crippen molar-refractivity contribution < 1.29 is 13.9 Å². The van der Waals surface area contributed by atoms with Gasteiger partial charge < -0.3 is 4.74 Å². The van der Waals surface area contributed by atoms with Crippen molar-refractivity contribution in [3.63, 3.8) is 0 Å². The van der Waals surface area contributed by atoms with Crippen LogP contribution in [0.25, 0.3) is 0 Å². The minimum absolute atomic E-state index is 0.0214. The molecule has 0 aliphatic carbocycles. The Labute approximate surface area is 96.2 Å². The monoisotopic (exact) mass is 239 g/mol. The Morgan fingerprint density at radius 1 is 1.44 bits per heavy atom. The molecular formula is C11H7ClFNO2. The summed E-state index contributed by atoms with van der Waals surface area (Å²) in [6.45, 7) is 1.63. The summed E-state index contributed by atoms with van der Waals surface area (Å²) in [4.78, 5) is 15.0. The van der Waals surface area contributed by atoms with Crippen LogP contribution in [0.3, 0.4) is 0 Å². The molecule has 0 fully saturated rings. The smallest absolute Gasteiger partial charge is 0.340 e. The van der Waals surface area contributed by atoms with Crippen molar-refractivity contribution in [1.82, 2.24) is 0 Å². The highest BCUT2D eigenvalue weighted by molar-refractivity contribution is 6.31. The van der Waals surface area contributed by atoms with E-state index in [1.54, 1.807) is 6.92 Å². The number of cyclic esters (lactones) is 1. The Bertz CT molecular complexity index is 523. The second kappa shape index (κ2) is 4.06. The van der Waals surface area contributed by atoms with E-state index >= 15 is 0 Å². The summed E-state index contributed by atoms with van der Waals surface area (Å²) >= 11 is 5.59. The van der Waals surface area contributed by atoms with Crippen LogP contribution in [0.15, 0.2) is 34.8 Å². The molecule has 82 valence electrons. The lowest BCUT2D eigenvalue weighted by atomic mass is 10.3. The van der Waals surface area contributed by atoms with E-state index in [2.05, 4.69) is 4.99 Å². The van der Waals surface area contributed by atoms with Crippen molar-refractivity contribution in [3.05, 3.63) is 40.7 Å². The first-order valence-corrected chi connectivity index (χ1v) is 4.88. The number of esters is 1. The average molecular weight is 240 g/mol. The van der Waals surface area contributed by atoms with Crippen molar-refractivity contribution >= 4 is 29.2 Å². The molecule has 0 saturated heterocycles. The summed E-state index contributed by atoms with van der Waals surface area (Å²) in [6.07, 6.45) is 1.51. The van der Waals surface area contributed by atoms with Gasteiger partial charge in [-0.1, -0.05) is 11.6 Å². The molecule has 5 heteroatoms. The zero-order chi connectivity index (χ0) is 11.7. The Hall–Kier alpha value is -1.68. The molecule has 0 spiro atoms. The van der Waals surface area contributed by atoms with Crippen LogP contribution in [-0.2, 0) is 9.53 Å². The maximum atomic E-state index is 12.9.